The van der Waals surface area contributed by atoms with Gasteiger partial charge in [-0.25, -0.2) is 4.79 Å². The summed E-state index contributed by atoms with van der Waals surface area (Å²) in [7, 11) is 0. The molecule has 0 saturated heterocycles. The number of hydrogen-bond donors (Lipinski definition) is 1. The zero-order valence-electron chi connectivity index (χ0n) is 12.0. The van der Waals surface area contributed by atoms with Crippen LogP contribution in [0.25, 0.3) is 11.1 Å². The molecule has 1 aromatic heterocycles. The highest BCUT2D eigenvalue weighted by molar-refractivity contribution is 7.10. The minimum atomic E-state index is -0.949. The third-order valence-electron chi connectivity index (χ3n) is 3.96. The maximum absolute atomic E-state index is 12.5. The van der Waals surface area contributed by atoms with Crippen molar-refractivity contribution < 1.29 is 14.7 Å². The first kappa shape index (κ1) is 14.7. The fourth-order valence-corrected chi connectivity index (χ4v) is 3.79. The Kier molecular flexibility index (Phi) is 4.20. The number of carbonyl (C=O) groups excluding carboxylic acids is 1. The van der Waals surface area contributed by atoms with Crippen LogP contribution in [0.15, 0.2) is 52.9 Å². The monoisotopic (exact) mass is 312 g/mol. The summed E-state index contributed by atoms with van der Waals surface area (Å²) < 4.78 is 0. The topological polar surface area (TPSA) is 54.4 Å². The molecule has 0 fully saturated rings. The van der Waals surface area contributed by atoms with Gasteiger partial charge in [-0.1, -0.05) is 30.3 Å². The van der Waals surface area contributed by atoms with Gasteiger partial charge in [0.1, 0.15) is 0 Å². The van der Waals surface area contributed by atoms with E-state index in [4.69, 9.17) is 0 Å². The molecule has 0 atom stereocenters. The van der Waals surface area contributed by atoms with Crippen molar-refractivity contribution in [3.63, 3.8) is 0 Å². The fourth-order valence-electron chi connectivity index (χ4n) is 2.89. The van der Waals surface area contributed by atoms with Gasteiger partial charge in [0.2, 0.25) is 0 Å². The molecule has 1 heterocycles. The molecule has 3 nitrogen and oxygen atoms in total. The van der Waals surface area contributed by atoms with Crippen molar-refractivity contribution in [3.8, 4) is 11.1 Å². The Labute approximate surface area is 132 Å². The lowest BCUT2D eigenvalue weighted by Crippen LogP contribution is -2.10. The van der Waals surface area contributed by atoms with Crippen LogP contribution in [0, 0.1) is 0 Å². The fraction of sp³-hybridized carbons (Fsp3) is 0.222. The third kappa shape index (κ3) is 2.88. The Hall–Kier alpha value is -2.20. The van der Waals surface area contributed by atoms with Gasteiger partial charge in [-0.15, -0.1) is 11.3 Å². The highest BCUT2D eigenvalue weighted by Gasteiger charge is 2.25. The molecular formula is C18H16O3S. The van der Waals surface area contributed by atoms with Gasteiger partial charge in [-0.3, -0.25) is 4.79 Å². The number of allylic oxidation sites excluding steroid dienone is 1. The average molecular weight is 312 g/mol. The predicted octanol–water partition coefficient (Wildman–Crippen LogP) is 4.09. The van der Waals surface area contributed by atoms with Crippen LogP contribution >= 0.6 is 11.3 Å². The van der Waals surface area contributed by atoms with E-state index in [1.54, 1.807) is 11.3 Å². The van der Waals surface area contributed by atoms with Crippen LogP contribution in [0.4, 0.5) is 0 Å². The van der Waals surface area contributed by atoms with Crippen molar-refractivity contribution in [1.82, 2.24) is 0 Å². The number of benzene rings is 1. The highest BCUT2D eigenvalue weighted by atomic mass is 32.1. The second-order valence-electron chi connectivity index (χ2n) is 5.34. The molecule has 0 amide bonds. The minimum Gasteiger partial charge on any atom is -0.478 e. The van der Waals surface area contributed by atoms with Crippen LogP contribution in [-0.4, -0.2) is 16.9 Å². The lowest BCUT2D eigenvalue weighted by molar-refractivity contribution is -0.133. The second kappa shape index (κ2) is 6.28. The van der Waals surface area contributed by atoms with Crippen molar-refractivity contribution in [3.05, 3.63) is 57.8 Å². The molecule has 0 aliphatic heterocycles. The first-order chi connectivity index (χ1) is 10.7. The maximum Gasteiger partial charge on any atom is 0.331 e. The number of Topliss-reactive ketones (excluding diaryl/α,β-unsaturated/α-hetero) is 1. The maximum atomic E-state index is 12.5. The van der Waals surface area contributed by atoms with Crippen molar-refractivity contribution >= 4 is 23.1 Å². The molecule has 112 valence electrons. The Morgan fingerprint density at radius 2 is 1.77 bits per heavy atom. The van der Waals surface area contributed by atoms with E-state index >= 15 is 0 Å². The SMILES string of the molecule is O=C(O)C1=C(C(=O)Cc2sccc2-c2ccccc2)CCC1. The molecule has 3 rings (SSSR count). The van der Waals surface area contributed by atoms with Crippen LogP contribution in [0.3, 0.4) is 0 Å². The molecule has 1 aliphatic rings. The summed E-state index contributed by atoms with van der Waals surface area (Å²) in [5.74, 6) is -0.996. The number of rotatable bonds is 5. The molecule has 0 unspecified atom stereocenters. The molecule has 1 aliphatic carbocycles. The Balaban J connectivity index is 1.86. The normalized spacial score (nSPS) is 14.4. The van der Waals surface area contributed by atoms with Gasteiger partial charge < -0.3 is 5.11 Å². The lowest BCUT2D eigenvalue weighted by atomic mass is 10.00. The van der Waals surface area contributed by atoms with E-state index in [-0.39, 0.29) is 12.2 Å². The molecule has 2 aromatic rings. The molecule has 22 heavy (non-hydrogen) atoms. The highest BCUT2D eigenvalue weighted by Crippen LogP contribution is 2.32. The van der Waals surface area contributed by atoms with Crippen molar-refractivity contribution in [2.45, 2.75) is 25.7 Å². The van der Waals surface area contributed by atoms with Crippen LogP contribution in [0.2, 0.25) is 0 Å². The van der Waals surface area contributed by atoms with Crippen LogP contribution in [-0.2, 0) is 16.0 Å². The van der Waals surface area contributed by atoms with E-state index in [0.717, 1.165) is 22.4 Å². The number of carboxylic acids is 1. The summed E-state index contributed by atoms with van der Waals surface area (Å²) in [5.41, 5.74) is 2.97. The molecule has 4 heteroatoms. The zero-order valence-corrected chi connectivity index (χ0v) is 12.9. The first-order valence-electron chi connectivity index (χ1n) is 7.27. The van der Waals surface area contributed by atoms with Crippen LogP contribution in [0.1, 0.15) is 24.1 Å². The van der Waals surface area contributed by atoms with Gasteiger partial charge in [0.05, 0.1) is 0 Å². The van der Waals surface area contributed by atoms with Crippen LogP contribution in [0.5, 0.6) is 0 Å². The third-order valence-corrected chi connectivity index (χ3v) is 4.88. The molecule has 1 aromatic carbocycles. The standard InChI is InChI=1S/C18H16O3S/c19-16(14-7-4-8-15(14)18(20)21)11-17-13(9-10-22-17)12-5-2-1-3-6-12/h1-3,5-6,9-10H,4,7-8,11H2,(H,20,21). The quantitative estimate of drug-likeness (QED) is 0.904. The number of aliphatic carboxylic acids is 1. The molecule has 0 bridgehead atoms. The largest absolute Gasteiger partial charge is 0.478 e. The first-order valence-corrected chi connectivity index (χ1v) is 8.15. The summed E-state index contributed by atoms with van der Waals surface area (Å²) in [5, 5.41) is 11.2. The van der Waals surface area contributed by atoms with E-state index in [2.05, 4.69) is 0 Å². The summed E-state index contributed by atoms with van der Waals surface area (Å²) in [6.07, 6.45) is 2.14. The van der Waals surface area contributed by atoms with Crippen LogP contribution < -0.4 is 0 Å². The van der Waals surface area contributed by atoms with Gasteiger partial charge in [0.25, 0.3) is 0 Å². The van der Waals surface area contributed by atoms with E-state index in [0.29, 0.717) is 24.0 Å². The van der Waals surface area contributed by atoms with Crippen molar-refractivity contribution in [2.24, 2.45) is 0 Å². The summed E-state index contributed by atoms with van der Waals surface area (Å²) >= 11 is 1.55. The number of carboxylic acid groups (broad SMARTS) is 1. The molecular weight excluding hydrogens is 296 g/mol. The number of hydrogen-bond acceptors (Lipinski definition) is 3. The van der Waals surface area contributed by atoms with Gasteiger partial charge >= 0.3 is 5.97 Å². The summed E-state index contributed by atoms with van der Waals surface area (Å²) in [6, 6.07) is 12.0. The van der Waals surface area contributed by atoms with E-state index < -0.39 is 5.97 Å². The lowest BCUT2D eigenvalue weighted by Gasteiger charge is -2.06. The molecule has 0 spiro atoms. The smallest absolute Gasteiger partial charge is 0.331 e. The molecule has 0 radical (unpaired) electrons. The Bertz CT molecular complexity index is 741. The summed E-state index contributed by atoms with van der Waals surface area (Å²) in [4.78, 5) is 24.7. The van der Waals surface area contributed by atoms with Gasteiger partial charge in [0.15, 0.2) is 5.78 Å². The van der Waals surface area contributed by atoms with E-state index in [9.17, 15) is 14.7 Å². The van der Waals surface area contributed by atoms with Gasteiger partial charge in [0, 0.05) is 22.4 Å². The number of thiophene rings is 1. The Morgan fingerprint density at radius 3 is 2.50 bits per heavy atom. The molecule has 1 N–H and O–H groups in total. The second-order valence-corrected chi connectivity index (χ2v) is 6.34. The van der Waals surface area contributed by atoms with Crippen molar-refractivity contribution in [2.75, 3.05) is 0 Å². The average Bonchev–Trinajstić information content (AvgIpc) is 3.17. The number of carbonyl (C=O) groups is 2. The minimum absolute atomic E-state index is 0.0467. The van der Waals surface area contributed by atoms with Crippen molar-refractivity contribution in [1.29, 1.82) is 0 Å². The number of ketones is 1. The van der Waals surface area contributed by atoms with E-state index in [1.165, 1.54) is 0 Å². The predicted molar refractivity (Wildman–Crippen MR) is 87.0 cm³/mol. The van der Waals surface area contributed by atoms with Gasteiger partial charge in [-0.05, 0) is 41.8 Å². The van der Waals surface area contributed by atoms with Gasteiger partial charge in [-0.2, -0.15) is 0 Å². The zero-order chi connectivity index (χ0) is 15.5. The molecule has 0 saturated carbocycles. The Morgan fingerprint density at radius 1 is 1.05 bits per heavy atom. The summed E-state index contributed by atoms with van der Waals surface area (Å²) in [6.45, 7) is 0. The van der Waals surface area contributed by atoms with E-state index in [1.807, 2.05) is 41.8 Å².